The van der Waals surface area contributed by atoms with Crippen molar-refractivity contribution < 1.29 is 13.2 Å². The first-order valence-corrected chi connectivity index (χ1v) is 6.99. The summed E-state index contributed by atoms with van der Waals surface area (Å²) in [5.74, 6) is -1.03. The van der Waals surface area contributed by atoms with Crippen molar-refractivity contribution in [1.82, 2.24) is 10.3 Å². The van der Waals surface area contributed by atoms with E-state index in [-0.39, 0.29) is 18.8 Å². The third-order valence-corrected chi connectivity index (χ3v) is 3.61. The third kappa shape index (κ3) is 4.00. The Hall–Kier alpha value is -0.970. The minimum Gasteiger partial charge on any atom is -0.448 e. The SMILES string of the molecule is CC(C)CNCc1ncoc1C1CCC(F)(F)CC1. The molecule has 0 radical (unpaired) electrons. The van der Waals surface area contributed by atoms with E-state index >= 15 is 0 Å². The van der Waals surface area contributed by atoms with E-state index in [9.17, 15) is 8.78 Å². The molecular formula is C14H22F2N2O. The molecule has 1 aliphatic rings. The van der Waals surface area contributed by atoms with Crippen LogP contribution in [0.3, 0.4) is 0 Å². The highest BCUT2D eigenvalue weighted by Crippen LogP contribution is 2.41. The van der Waals surface area contributed by atoms with Gasteiger partial charge in [-0.2, -0.15) is 0 Å². The Labute approximate surface area is 112 Å². The quantitative estimate of drug-likeness (QED) is 0.888. The monoisotopic (exact) mass is 272 g/mol. The number of rotatable bonds is 5. The zero-order valence-corrected chi connectivity index (χ0v) is 11.6. The lowest BCUT2D eigenvalue weighted by Crippen LogP contribution is -2.25. The average molecular weight is 272 g/mol. The van der Waals surface area contributed by atoms with Crippen molar-refractivity contribution in [3.63, 3.8) is 0 Å². The molecule has 1 fully saturated rings. The Morgan fingerprint density at radius 1 is 1.42 bits per heavy atom. The van der Waals surface area contributed by atoms with Gasteiger partial charge in [0, 0.05) is 25.3 Å². The van der Waals surface area contributed by atoms with Crippen LogP contribution in [0.25, 0.3) is 0 Å². The molecule has 0 unspecified atom stereocenters. The van der Waals surface area contributed by atoms with E-state index in [1.165, 1.54) is 6.39 Å². The number of nitrogens with one attached hydrogen (secondary N) is 1. The fraction of sp³-hybridized carbons (Fsp3) is 0.786. The second-order valence-corrected chi connectivity index (χ2v) is 5.82. The van der Waals surface area contributed by atoms with E-state index in [1.807, 2.05) is 0 Å². The molecule has 0 amide bonds. The van der Waals surface area contributed by atoms with Crippen molar-refractivity contribution in [1.29, 1.82) is 0 Å². The summed E-state index contributed by atoms with van der Waals surface area (Å²) in [6.07, 6.45) is 2.31. The second kappa shape index (κ2) is 5.99. The largest absolute Gasteiger partial charge is 0.448 e. The van der Waals surface area contributed by atoms with Gasteiger partial charge in [-0.1, -0.05) is 13.8 Å². The molecular weight excluding hydrogens is 250 g/mol. The Balaban J connectivity index is 1.92. The van der Waals surface area contributed by atoms with Gasteiger partial charge in [0.2, 0.25) is 5.92 Å². The van der Waals surface area contributed by atoms with Crippen LogP contribution in [0.5, 0.6) is 0 Å². The summed E-state index contributed by atoms with van der Waals surface area (Å²) in [7, 11) is 0. The number of hydrogen-bond donors (Lipinski definition) is 1. The Kier molecular flexibility index (Phi) is 4.55. The lowest BCUT2D eigenvalue weighted by Gasteiger charge is -2.27. The fourth-order valence-electron chi connectivity index (χ4n) is 2.52. The molecule has 0 bridgehead atoms. The molecule has 2 rings (SSSR count). The molecule has 3 nitrogen and oxygen atoms in total. The van der Waals surface area contributed by atoms with Gasteiger partial charge in [-0.3, -0.25) is 0 Å². The molecule has 1 heterocycles. The van der Waals surface area contributed by atoms with E-state index in [4.69, 9.17) is 4.42 Å². The standard InChI is InChI=1S/C14H22F2N2O/c1-10(2)7-17-8-12-13(19-9-18-12)11-3-5-14(15,16)6-4-11/h9-11,17H,3-8H2,1-2H3. The minimum atomic E-state index is -2.49. The maximum Gasteiger partial charge on any atom is 0.248 e. The summed E-state index contributed by atoms with van der Waals surface area (Å²) in [6.45, 7) is 5.84. The van der Waals surface area contributed by atoms with Crippen LogP contribution >= 0.6 is 0 Å². The van der Waals surface area contributed by atoms with Crippen LogP contribution in [0.2, 0.25) is 0 Å². The number of hydrogen-bond acceptors (Lipinski definition) is 3. The second-order valence-electron chi connectivity index (χ2n) is 5.82. The normalized spacial score (nSPS) is 20.1. The van der Waals surface area contributed by atoms with Gasteiger partial charge >= 0.3 is 0 Å². The minimum absolute atomic E-state index is 0.0444. The van der Waals surface area contributed by atoms with Gasteiger partial charge in [0.25, 0.3) is 0 Å². The van der Waals surface area contributed by atoms with Crippen LogP contribution in [-0.4, -0.2) is 17.5 Å². The summed E-state index contributed by atoms with van der Waals surface area (Å²) < 4.78 is 31.7. The first kappa shape index (κ1) is 14.4. The zero-order chi connectivity index (χ0) is 13.9. The van der Waals surface area contributed by atoms with E-state index in [0.717, 1.165) is 18.0 Å². The Morgan fingerprint density at radius 2 is 2.11 bits per heavy atom. The van der Waals surface area contributed by atoms with E-state index in [2.05, 4.69) is 24.1 Å². The van der Waals surface area contributed by atoms with Gasteiger partial charge in [-0.05, 0) is 25.3 Å². The van der Waals surface area contributed by atoms with Crippen molar-refractivity contribution in [2.45, 2.75) is 57.9 Å². The first-order valence-electron chi connectivity index (χ1n) is 6.99. The van der Waals surface area contributed by atoms with Gasteiger partial charge in [0.15, 0.2) is 6.39 Å². The summed E-state index contributed by atoms with van der Waals surface area (Å²) in [4.78, 5) is 4.21. The lowest BCUT2D eigenvalue weighted by molar-refractivity contribution is -0.0396. The van der Waals surface area contributed by atoms with Crippen molar-refractivity contribution in [3.8, 4) is 0 Å². The van der Waals surface area contributed by atoms with Crippen LogP contribution < -0.4 is 5.32 Å². The van der Waals surface area contributed by atoms with Crippen LogP contribution in [-0.2, 0) is 6.54 Å². The highest BCUT2D eigenvalue weighted by molar-refractivity contribution is 5.14. The van der Waals surface area contributed by atoms with Gasteiger partial charge in [-0.25, -0.2) is 13.8 Å². The van der Waals surface area contributed by atoms with Gasteiger partial charge in [0.05, 0.1) is 5.69 Å². The van der Waals surface area contributed by atoms with Crippen molar-refractivity contribution in [2.75, 3.05) is 6.54 Å². The molecule has 108 valence electrons. The lowest BCUT2D eigenvalue weighted by atomic mass is 9.84. The zero-order valence-electron chi connectivity index (χ0n) is 11.6. The molecule has 0 aliphatic heterocycles. The summed E-state index contributed by atoms with van der Waals surface area (Å²) in [6, 6.07) is 0. The molecule has 0 atom stereocenters. The van der Waals surface area contributed by atoms with E-state index < -0.39 is 5.92 Å². The summed E-state index contributed by atoms with van der Waals surface area (Å²) >= 11 is 0. The van der Waals surface area contributed by atoms with Crippen molar-refractivity contribution in [2.24, 2.45) is 5.92 Å². The number of oxazole rings is 1. The summed E-state index contributed by atoms with van der Waals surface area (Å²) in [5, 5.41) is 3.31. The molecule has 0 saturated heterocycles. The highest BCUT2D eigenvalue weighted by atomic mass is 19.3. The molecule has 1 aromatic rings. The van der Waals surface area contributed by atoms with Crippen LogP contribution in [0.1, 0.15) is 56.9 Å². The molecule has 19 heavy (non-hydrogen) atoms. The van der Waals surface area contributed by atoms with E-state index in [1.54, 1.807) is 0 Å². The fourth-order valence-corrected chi connectivity index (χ4v) is 2.52. The number of halogens is 2. The number of aromatic nitrogens is 1. The summed E-state index contributed by atoms with van der Waals surface area (Å²) in [5.41, 5.74) is 0.871. The molecule has 0 spiro atoms. The Bertz CT molecular complexity index is 394. The van der Waals surface area contributed by atoms with Crippen LogP contribution in [0.15, 0.2) is 10.8 Å². The molecule has 1 saturated carbocycles. The number of alkyl halides is 2. The maximum absolute atomic E-state index is 13.2. The average Bonchev–Trinajstić information content (AvgIpc) is 2.77. The topological polar surface area (TPSA) is 38.1 Å². The van der Waals surface area contributed by atoms with Crippen LogP contribution in [0.4, 0.5) is 8.78 Å². The maximum atomic E-state index is 13.2. The number of nitrogens with zero attached hydrogens (tertiary/aromatic N) is 1. The van der Waals surface area contributed by atoms with Crippen molar-refractivity contribution >= 4 is 0 Å². The third-order valence-electron chi connectivity index (χ3n) is 3.61. The van der Waals surface area contributed by atoms with Crippen LogP contribution in [0, 0.1) is 5.92 Å². The predicted octanol–water partition coefficient (Wildman–Crippen LogP) is 3.71. The Morgan fingerprint density at radius 3 is 2.74 bits per heavy atom. The van der Waals surface area contributed by atoms with Gasteiger partial charge in [-0.15, -0.1) is 0 Å². The molecule has 1 aliphatic carbocycles. The molecule has 1 N–H and O–H groups in total. The molecule has 1 aromatic heterocycles. The highest BCUT2D eigenvalue weighted by Gasteiger charge is 2.37. The van der Waals surface area contributed by atoms with Gasteiger partial charge in [0.1, 0.15) is 5.76 Å². The predicted molar refractivity (Wildman–Crippen MR) is 69.2 cm³/mol. The molecule has 0 aromatic carbocycles. The van der Waals surface area contributed by atoms with Gasteiger partial charge < -0.3 is 9.73 Å². The van der Waals surface area contributed by atoms with Crippen molar-refractivity contribution in [3.05, 3.63) is 17.8 Å². The first-order chi connectivity index (χ1) is 8.98. The van der Waals surface area contributed by atoms with E-state index in [0.29, 0.717) is 25.3 Å². The smallest absolute Gasteiger partial charge is 0.248 e. The molecule has 5 heteroatoms.